The number of nitrogens with zero attached hydrogens (tertiary/aromatic N) is 1. The predicted octanol–water partition coefficient (Wildman–Crippen LogP) is 4.70. The van der Waals surface area contributed by atoms with Crippen molar-refractivity contribution in [2.45, 2.75) is 58.1 Å². The van der Waals surface area contributed by atoms with Gasteiger partial charge >= 0.3 is 0 Å². The number of likely N-dealkylation sites (N-methyl/N-ethyl adjacent to an activating group) is 1. The van der Waals surface area contributed by atoms with Crippen LogP contribution in [0.4, 0.5) is 0 Å². The van der Waals surface area contributed by atoms with Crippen molar-refractivity contribution in [2.75, 3.05) is 21.3 Å². The number of carbonyl (C=O) groups is 1. The maximum Gasteiger partial charge on any atom is 0.246 e. The summed E-state index contributed by atoms with van der Waals surface area (Å²) in [5.74, 6) is 3.05. The van der Waals surface area contributed by atoms with Crippen LogP contribution in [0, 0.1) is 28.6 Å². The highest BCUT2D eigenvalue weighted by Gasteiger charge is 2.61. The Hall–Kier alpha value is -2.27. The van der Waals surface area contributed by atoms with Crippen LogP contribution in [0.1, 0.15) is 51.5 Å². The summed E-state index contributed by atoms with van der Waals surface area (Å²) in [4.78, 5) is 14.7. The van der Waals surface area contributed by atoms with E-state index in [4.69, 9.17) is 9.47 Å². The van der Waals surface area contributed by atoms with E-state index >= 15 is 0 Å². The molecule has 0 aromatic heterocycles. The smallest absolute Gasteiger partial charge is 0.246 e. The number of hydrogen-bond donors (Lipinski definition) is 1. The third-order valence-corrected chi connectivity index (χ3v) is 9.68. The van der Waals surface area contributed by atoms with Crippen LogP contribution in [0.25, 0.3) is 6.08 Å². The third kappa shape index (κ3) is 3.26. The van der Waals surface area contributed by atoms with Gasteiger partial charge in [-0.1, -0.05) is 32.1 Å². The minimum Gasteiger partial charge on any atom is -0.493 e. The van der Waals surface area contributed by atoms with Crippen LogP contribution < -0.4 is 9.47 Å². The lowest BCUT2D eigenvalue weighted by molar-refractivity contribution is -0.135. The number of methoxy groups -OCH3 is 2. The number of hydrogen-bond acceptors (Lipinski definition) is 4. The van der Waals surface area contributed by atoms with E-state index in [9.17, 15) is 9.90 Å². The minimum absolute atomic E-state index is 0.0128. The average molecular weight is 452 g/mol. The maximum atomic E-state index is 12.8. The number of benzene rings is 1. The Bertz CT molecular complexity index is 1020. The summed E-state index contributed by atoms with van der Waals surface area (Å²) >= 11 is 0. The second-order valence-electron chi connectivity index (χ2n) is 11.1. The number of ether oxygens (including phenoxy) is 2. The van der Waals surface area contributed by atoms with E-state index in [0.717, 1.165) is 37.7 Å². The summed E-state index contributed by atoms with van der Waals surface area (Å²) in [6.07, 6.45) is 11.2. The van der Waals surface area contributed by atoms with Crippen molar-refractivity contribution < 1.29 is 19.4 Å². The van der Waals surface area contributed by atoms with Crippen molar-refractivity contribution in [3.8, 4) is 11.5 Å². The maximum absolute atomic E-state index is 12.8. The van der Waals surface area contributed by atoms with Gasteiger partial charge in [-0.05, 0) is 84.6 Å². The molecule has 33 heavy (non-hydrogen) atoms. The molecule has 1 aromatic carbocycles. The largest absolute Gasteiger partial charge is 0.493 e. The number of rotatable bonds is 3. The quantitative estimate of drug-likeness (QED) is 0.724. The Morgan fingerprint density at radius 1 is 1.09 bits per heavy atom. The minimum atomic E-state index is -0.196. The van der Waals surface area contributed by atoms with E-state index in [1.807, 2.05) is 24.1 Å². The first-order valence-corrected chi connectivity index (χ1v) is 12.3. The second kappa shape index (κ2) is 7.90. The van der Waals surface area contributed by atoms with Gasteiger partial charge in [-0.3, -0.25) is 4.79 Å². The van der Waals surface area contributed by atoms with Gasteiger partial charge in [0.2, 0.25) is 5.91 Å². The fourth-order valence-electron chi connectivity index (χ4n) is 7.97. The predicted molar refractivity (Wildman–Crippen MR) is 129 cm³/mol. The number of amides is 1. The SMILES string of the molecule is COc1ccc(C=C2C[C@@H]3[C@@H](CC[C@]4(C)C(O)CC[C@@H]34)[C@@]3(C)C=CC(=O)N(C)C23)cc1OC. The first-order valence-electron chi connectivity index (χ1n) is 12.3. The van der Waals surface area contributed by atoms with E-state index < -0.39 is 0 Å². The van der Waals surface area contributed by atoms with Gasteiger partial charge < -0.3 is 19.5 Å². The molecule has 5 heteroatoms. The molecule has 1 amide bonds. The van der Waals surface area contributed by atoms with Crippen molar-refractivity contribution in [1.82, 2.24) is 4.90 Å². The van der Waals surface area contributed by atoms with Crippen molar-refractivity contribution >= 4 is 12.0 Å². The lowest BCUT2D eigenvalue weighted by Crippen LogP contribution is -2.60. The van der Waals surface area contributed by atoms with Crippen molar-refractivity contribution in [3.05, 3.63) is 41.5 Å². The molecule has 7 atom stereocenters. The highest BCUT2D eigenvalue weighted by molar-refractivity contribution is 5.89. The van der Waals surface area contributed by atoms with E-state index in [-0.39, 0.29) is 28.9 Å². The van der Waals surface area contributed by atoms with Crippen LogP contribution in [0.5, 0.6) is 11.5 Å². The van der Waals surface area contributed by atoms with Crippen molar-refractivity contribution in [3.63, 3.8) is 0 Å². The summed E-state index contributed by atoms with van der Waals surface area (Å²) in [5.41, 5.74) is 2.27. The molecule has 1 heterocycles. The molecule has 1 N–H and O–H groups in total. The van der Waals surface area contributed by atoms with Crippen LogP contribution in [0.3, 0.4) is 0 Å². The van der Waals surface area contributed by atoms with Crippen molar-refractivity contribution in [1.29, 1.82) is 0 Å². The molecule has 0 radical (unpaired) electrons. The molecular weight excluding hydrogens is 414 g/mol. The molecule has 3 fully saturated rings. The van der Waals surface area contributed by atoms with Gasteiger partial charge in [-0.15, -0.1) is 0 Å². The lowest BCUT2D eigenvalue weighted by Gasteiger charge is -2.60. The summed E-state index contributed by atoms with van der Waals surface area (Å²) < 4.78 is 11.0. The molecule has 0 saturated heterocycles. The Morgan fingerprint density at radius 2 is 1.85 bits per heavy atom. The molecule has 3 saturated carbocycles. The van der Waals surface area contributed by atoms with E-state index in [1.165, 1.54) is 5.57 Å². The highest BCUT2D eigenvalue weighted by atomic mass is 16.5. The molecule has 1 aromatic rings. The van der Waals surface area contributed by atoms with Crippen molar-refractivity contribution in [2.24, 2.45) is 28.6 Å². The van der Waals surface area contributed by atoms with Gasteiger partial charge in [0.05, 0.1) is 26.4 Å². The number of fused-ring (bicyclic) bond motifs is 5. The summed E-state index contributed by atoms with van der Waals surface area (Å²) in [6.45, 7) is 4.66. The van der Waals surface area contributed by atoms with Crippen LogP contribution >= 0.6 is 0 Å². The van der Waals surface area contributed by atoms with E-state index in [2.05, 4.69) is 32.1 Å². The zero-order valence-corrected chi connectivity index (χ0v) is 20.5. The average Bonchev–Trinajstić information content (AvgIpc) is 3.11. The first kappa shape index (κ1) is 22.5. The Balaban J connectivity index is 1.61. The van der Waals surface area contributed by atoms with Gasteiger partial charge in [-0.2, -0.15) is 0 Å². The van der Waals surface area contributed by atoms with Crippen LogP contribution in [-0.4, -0.2) is 49.3 Å². The fourth-order valence-corrected chi connectivity index (χ4v) is 7.97. The molecule has 5 rings (SSSR count). The van der Waals surface area contributed by atoms with Gasteiger partial charge in [-0.25, -0.2) is 0 Å². The van der Waals surface area contributed by atoms with E-state index in [1.54, 1.807) is 20.3 Å². The number of carbonyl (C=O) groups excluding carboxylic acids is 1. The van der Waals surface area contributed by atoms with E-state index in [0.29, 0.717) is 29.3 Å². The van der Waals surface area contributed by atoms with Crippen LogP contribution in [0.2, 0.25) is 0 Å². The monoisotopic (exact) mass is 451 g/mol. The zero-order valence-electron chi connectivity index (χ0n) is 20.5. The van der Waals surface area contributed by atoms with Gasteiger partial charge in [0.25, 0.3) is 0 Å². The molecule has 0 bridgehead atoms. The van der Waals surface area contributed by atoms with Gasteiger partial charge in [0.1, 0.15) is 0 Å². The third-order valence-electron chi connectivity index (χ3n) is 9.68. The molecule has 0 spiro atoms. The standard InChI is InChI=1S/C28H37NO4/c1-27-12-10-21-19(20(27)7-9-24(27)30)16-18(26-28(21,2)13-11-25(31)29(26)3)14-17-6-8-22(32-4)23(15-17)33-5/h6,8,11,13-15,19-21,24,26,30H,7,9-10,12,16H2,1-5H3/t19-,20-,21+,24?,26?,27-,28+/m0/s1. The second-order valence-corrected chi connectivity index (χ2v) is 11.1. The molecular formula is C28H37NO4. The molecule has 4 aliphatic rings. The highest BCUT2D eigenvalue weighted by Crippen LogP contribution is 2.64. The topological polar surface area (TPSA) is 59.0 Å². The van der Waals surface area contributed by atoms with Gasteiger partial charge in [0, 0.05) is 12.5 Å². The zero-order chi connectivity index (χ0) is 23.5. The summed E-state index contributed by atoms with van der Waals surface area (Å²) in [7, 11) is 5.25. The Morgan fingerprint density at radius 3 is 2.58 bits per heavy atom. The molecule has 2 unspecified atom stereocenters. The number of aliphatic hydroxyl groups is 1. The summed E-state index contributed by atoms with van der Waals surface area (Å²) in [5, 5.41) is 10.8. The molecule has 1 aliphatic heterocycles. The first-order chi connectivity index (χ1) is 15.7. The normalized spacial score (nSPS) is 40.9. The lowest BCUT2D eigenvalue weighted by atomic mass is 9.47. The summed E-state index contributed by atoms with van der Waals surface area (Å²) in [6, 6.07) is 6.05. The fraction of sp³-hybridized carbons (Fsp3) is 0.607. The Labute approximate surface area is 197 Å². The van der Waals surface area contributed by atoms with Crippen LogP contribution in [0.15, 0.2) is 35.9 Å². The molecule has 178 valence electrons. The number of aliphatic hydroxyl groups excluding tert-OH is 1. The molecule has 5 nitrogen and oxygen atoms in total. The molecule has 3 aliphatic carbocycles. The Kier molecular flexibility index (Phi) is 5.39. The van der Waals surface area contributed by atoms with Crippen LogP contribution in [-0.2, 0) is 4.79 Å². The van der Waals surface area contributed by atoms with Gasteiger partial charge in [0.15, 0.2) is 11.5 Å².